The van der Waals surface area contributed by atoms with Gasteiger partial charge in [-0.05, 0) is 49.2 Å². The predicted molar refractivity (Wildman–Crippen MR) is 120 cm³/mol. The van der Waals surface area contributed by atoms with Gasteiger partial charge in [-0.15, -0.1) is 0 Å². The molecule has 0 saturated carbocycles. The Bertz CT molecular complexity index is 1050. The van der Waals surface area contributed by atoms with Crippen LogP contribution in [0.3, 0.4) is 0 Å². The molecule has 2 rings (SSSR count). The topological polar surface area (TPSA) is 0 Å². The molecule has 0 heterocycles. The minimum Gasteiger partial charge on any atom is -0.166 e. The lowest BCUT2D eigenvalue weighted by Gasteiger charge is -2.17. The molecule has 2 aromatic carbocycles. The molecule has 0 radical (unpaired) electrons. The van der Waals surface area contributed by atoms with E-state index < -0.39 is 23.5 Å². The van der Waals surface area contributed by atoms with Crippen molar-refractivity contribution < 1.29 is 26.3 Å². The molecule has 0 aromatic heterocycles. The number of rotatable bonds is 2. The van der Waals surface area contributed by atoms with Crippen molar-refractivity contribution in [3.05, 3.63) is 57.6 Å². The SMILES string of the molecule is Cc1c(C(F)(F)F)ccc(Sc2ccc(C(F)(F)F)c(C)c2C#CC(C)C)c1C#CC(C)C. The highest BCUT2D eigenvalue weighted by Crippen LogP contribution is 2.42. The Morgan fingerprint density at radius 1 is 0.636 bits per heavy atom. The first-order valence-corrected chi connectivity index (χ1v) is 11.1. The van der Waals surface area contributed by atoms with E-state index in [0.29, 0.717) is 9.79 Å². The van der Waals surface area contributed by atoms with Crippen LogP contribution in [0.5, 0.6) is 0 Å². The Hall–Kier alpha value is -2.51. The Morgan fingerprint density at radius 3 is 1.24 bits per heavy atom. The number of hydrogen-bond acceptors (Lipinski definition) is 1. The Kier molecular flexibility index (Phi) is 8.25. The molecule has 0 saturated heterocycles. The van der Waals surface area contributed by atoms with Crippen LogP contribution in [0.2, 0.25) is 0 Å². The van der Waals surface area contributed by atoms with Gasteiger partial charge >= 0.3 is 12.4 Å². The Labute approximate surface area is 195 Å². The maximum atomic E-state index is 13.5. The van der Waals surface area contributed by atoms with Crippen LogP contribution in [0.15, 0.2) is 34.1 Å². The highest BCUT2D eigenvalue weighted by molar-refractivity contribution is 7.99. The third kappa shape index (κ3) is 6.74. The van der Waals surface area contributed by atoms with Crippen molar-refractivity contribution in [3.63, 3.8) is 0 Å². The Morgan fingerprint density at radius 2 is 0.970 bits per heavy atom. The fraction of sp³-hybridized carbons (Fsp3) is 0.385. The Balaban J connectivity index is 2.74. The van der Waals surface area contributed by atoms with E-state index in [0.717, 1.165) is 23.9 Å². The number of hydrogen-bond donors (Lipinski definition) is 0. The molecule has 0 nitrogen and oxygen atoms in total. The zero-order valence-electron chi connectivity index (χ0n) is 19.1. The van der Waals surface area contributed by atoms with Crippen LogP contribution < -0.4 is 0 Å². The highest BCUT2D eigenvalue weighted by atomic mass is 32.2. The van der Waals surface area contributed by atoms with Crippen molar-refractivity contribution in [2.75, 3.05) is 0 Å². The van der Waals surface area contributed by atoms with Crippen molar-refractivity contribution in [2.45, 2.75) is 63.7 Å². The van der Waals surface area contributed by atoms with E-state index in [4.69, 9.17) is 0 Å². The van der Waals surface area contributed by atoms with Crippen LogP contribution in [-0.2, 0) is 12.4 Å². The van der Waals surface area contributed by atoms with Crippen molar-refractivity contribution in [2.24, 2.45) is 11.8 Å². The van der Waals surface area contributed by atoms with Crippen molar-refractivity contribution in [1.82, 2.24) is 0 Å². The van der Waals surface area contributed by atoms with Crippen LogP contribution in [0.1, 0.15) is 61.1 Å². The highest BCUT2D eigenvalue weighted by Gasteiger charge is 2.35. The smallest absolute Gasteiger partial charge is 0.166 e. The summed E-state index contributed by atoms with van der Waals surface area (Å²) >= 11 is 1.07. The number of alkyl halides is 6. The van der Waals surface area contributed by atoms with Crippen LogP contribution in [0.25, 0.3) is 0 Å². The molecule has 0 atom stereocenters. The zero-order chi connectivity index (χ0) is 25.1. The molecule has 0 unspecified atom stereocenters. The van der Waals surface area contributed by atoms with Gasteiger partial charge in [-0.25, -0.2) is 0 Å². The van der Waals surface area contributed by atoms with E-state index in [-0.39, 0.29) is 34.1 Å². The molecule has 7 heteroatoms. The second kappa shape index (κ2) is 10.2. The van der Waals surface area contributed by atoms with Gasteiger partial charge in [0.15, 0.2) is 0 Å². The largest absolute Gasteiger partial charge is 0.416 e. The third-order valence-electron chi connectivity index (χ3n) is 4.66. The maximum absolute atomic E-state index is 13.5. The molecular weight excluding hydrogens is 458 g/mol. The summed E-state index contributed by atoms with van der Waals surface area (Å²) < 4.78 is 80.7. The fourth-order valence-electron chi connectivity index (χ4n) is 3.02. The monoisotopic (exact) mass is 482 g/mol. The van der Waals surface area contributed by atoms with Crippen LogP contribution in [-0.4, -0.2) is 0 Å². The first-order valence-electron chi connectivity index (χ1n) is 10.3. The summed E-state index contributed by atoms with van der Waals surface area (Å²) in [4.78, 5) is 0.862. The lowest BCUT2D eigenvalue weighted by molar-refractivity contribution is -0.138. The summed E-state index contributed by atoms with van der Waals surface area (Å²) in [5.74, 6) is 11.3. The molecule has 0 bridgehead atoms. The lowest BCUT2D eigenvalue weighted by atomic mass is 10.0. The number of benzene rings is 2. The van der Waals surface area contributed by atoms with Gasteiger partial charge in [0.25, 0.3) is 0 Å². The van der Waals surface area contributed by atoms with E-state index in [1.807, 2.05) is 27.7 Å². The predicted octanol–water partition coefficient (Wildman–Crippen LogP) is 8.51. The molecular formula is C26H24F6S. The molecule has 0 aliphatic carbocycles. The first-order chi connectivity index (χ1) is 15.1. The molecule has 0 N–H and O–H groups in total. The average molecular weight is 483 g/mol. The summed E-state index contributed by atoms with van der Waals surface area (Å²) in [6, 6.07) is 4.60. The first kappa shape index (κ1) is 26.7. The summed E-state index contributed by atoms with van der Waals surface area (Å²) in [6.07, 6.45) is -9.08. The van der Waals surface area contributed by atoms with E-state index in [1.165, 1.54) is 26.0 Å². The summed E-state index contributed by atoms with van der Waals surface area (Å²) in [5.41, 5.74) is -1.18. The number of halogens is 6. The van der Waals surface area contributed by atoms with Gasteiger partial charge in [-0.2, -0.15) is 26.3 Å². The minimum absolute atomic E-state index is 0.0147. The molecule has 0 fully saturated rings. The van der Waals surface area contributed by atoms with Gasteiger partial charge < -0.3 is 0 Å². The normalized spacial score (nSPS) is 11.8. The van der Waals surface area contributed by atoms with Gasteiger partial charge in [0, 0.05) is 32.8 Å². The second-order valence-corrected chi connectivity index (χ2v) is 9.25. The van der Waals surface area contributed by atoms with E-state index >= 15 is 0 Å². The summed E-state index contributed by atoms with van der Waals surface area (Å²) in [5, 5.41) is 0. The van der Waals surface area contributed by atoms with E-state index in [1.54, 1.807) is 0 Å². The molecule has 0 aliphatic rings. The molecule has 2 aromatic rings. The second-order valence-electron chi connectivity index (χ2n) is 8.17. The quantitative estimate of drug-likeness (QED) is 0.305. The average Bonchev–Trinajstić information content (AvgIpc) is 2.64. The van der Waals surface area contributed by atoms with Gasteiger partial charge in [0.2, 0.25) is 0 Å². The molecule has 0 spiro atoms. The molecule has 33 heavy (non-hydrogen) atoms. The summed E-state index contributed by atoms with van der Waals surface area (Å²) in [6.45, 7) is 10.00. The van der Waals surface area contributed by atoms with Crippen LogP contribution >= 0.6 is 11.8 Å². The van der Waals surface area contributed by atoms with Crippen molar-refractivity contribution in [1.29, 1.82) is 0 Å². The zero-order valence-corrected chi connectivity index (χ0v) is 20.0. The van der Waals surface area contributed by atoms with Crippen LogP contribution in [0.4, 0.5) is 26.3 Å². The van der Waals surface area contributed by atoms with E-state index in [9.17, 15) is 26.3 Å². The standard InChI is InChI=1S/C26H24F6S/c1-15(2)7-9-19-17(5)21(25(27,28)29)11-13-23(19)33-24-14-12-22(26(30,31)32)18(6)20(24)10-8-16(3)4/h11-16H,1-6H3. The molecule has 0 aliphatic heterocycles. The van der Waals surface area contributed by atoms with Crippen LogP contribution in [0, 0.1) is 49.4 Å². The van der Waals surface area contributed by atoms with Gasteiger partial charge in [0.1, 0.15) is 0 Å². The summed E-state index contributed by atoms with van der Waals surface area (Å²) in [7, 11) is 0. The van der Waals surface area contributed by atoms with E-state index in [2.05, 4.69) is 23.7 Å². The van der Waals surface area contributed by atoms with Gasteiger partial charge in [-0.3, -0.25) is 0 Å². The van der Waals surface area contributed by atoms with Gasteiger partial charge in [0.05, 0.1) is 11.1 Å². The van der Waals surface area contributed by atoms with Crippen molar-refractivity contribution >= 4 is 11.8 Å². The lowest BCUT2D eigenvalue weighted by Crippen LogP contribution is -2.10. The minimum atomic E-state index is -4.54. The van der Waals surface area contributed by atoms with Gasteiger partial charge in [-0.1, -0.05) is 63.1 Å². The van der Waals surface area contributed by atoms with Crippen molar-refractivity contribution in [3.8, 4) is 23.7 Å². The maximum Gasteiger partial charge on any atom is 0.416 e. The fourth-order valence-corrected chi connectivity index (χ4v) is 4.14. The molecule has 176 valence electrons. The molecule has 0 amide bonds. The third-order valence-corrected chi connectivity index (χ3v) is 5.78.